The molecule has 0 unspecified atom stereocenters. The summed E-state index contributed by atoms with van der Waals surface area (Å²) in [5.74, 6) is -1.59. The predicted molar refractivity (Wildman–Crippen MR) is 114 cm³/mol. The maximum Gasteiger partial charge on any atom is 0.336 e. The number of rotatable bonds is 4. The molecule has 4 rings (SSSR count). The minimum Gasteiger partial charge on any atom is -0.466 e. The van der Waals surface area contributed by atoms with E-state index < -0.39 is 16.8 Å². The number of nitro groups is 1. The Morgan fingerprint density at radius 1 is 1.10 bits per heavy atom. The van der Waals surface area contributed by atoms with Crippen molar-refractivity contribution in [1.29, 1.82) is 0 Å². The number of esters is 1. The number of benzene rings is 2. The summed E-state index contributed by atoms with van der Waals surface area (Å²) in [6.07, 6.45) is 0.850. The largest absolute Gasteiger partial charge is 0.466 e. The highest BCUT2D eigenvalue weighted by molar-refractivity contribution is 6.04. The average Bonchev–Trinajstić information content (AvgIpc) is 2.78. The summed E-state index contributed by atoms with van der Waals surface area (Å²) in [4.78, 5) is 37.3. The van der Waals surface area contributed by atoms with Crippen LogP contribution in [-0.2, 0) is 14.3 Å². The lowest BCUT2D eigenvalue weighted by Crippen LogP contribution is -2.36. The molecule has 0 spiro atoms. The van der Waals surface area contributed by atoms with Crippen LogP contribution >= 0.6 is 0 Å². The fourth-order valence-electron chi connectivity index (χ4n) is 4.59. The van der Waals surface area contributed by atoms with Crippen molar-refractivity contribution in [3.05, 3.63) is 98.4 Å². The van der Waals surface area contributed by atoms with Crippen molar-refractivity contribution in [2.75, 3.05) is 7.11 Å². The van der Waals surface area contributed by atoms with Crippen LogP contribution in [0.15, 0.2) is 77.1 Å². The van der Waals surface area contributed by atoms with Gasteiger partial charge in [0.15, 0.2) is 5.78 Å². The maximum absolute atomic E-state index is 13.4. The van der Waals surface area contributed by atoms with E-state index in [-0.39, 0.29) is 29.4 Å². The second-order valence-corrected chi connectivity index (χ2v) is 7.74. The van der Waals surface area contributed by atoms with Gasteiger partial charge in [0.1, 0.15) is 0 Å². The molecule has 1 aliphatic heterocycles. The van der Waals surface area contributed by atoms with Gasteiger partial charge in [-0.05, 0) is 24.8 Å². The lowest BCUT2D eigenvalue weighted by atomic mass is 9.71. The van der Waals surface area contributed by atoms with Crippen molar-refractivity contribution < 1.29 is 19.2 Å². The number of hydrogen-bond acceptors (Lipinski definition) is 6. The Kier molecular flexibility index (Phi) is 5.42. The van der Waals surface area contributed by atoms with Gasteiger partial charge in [0.2, 0.25) is 0 Å². The van der Waals surface area contributed by atoms with E-state index in [1.807, 2.05) is 30.3 Å². The van der Waals surface area contributed by atoms with Gasteiger partial charge in [-0.15, -0.1) is 0 Å². The normalized spacial score (nSPS) is 20.8. The molecule has 1 N–H and O–H groups in total. The first-order valence-corrected chi connectivity index (χ1v) is 10.0. The van der Waals surface area contributed by atoms with Crippen LogP contribution in [0.25, 0.3) is 0 Å². The van der Waals surface area contributed by atoms with Gasteiger partial charge in [0, 0.05) is 35.0 Å². The average molecular weight is 418 g/mol. The van der Waals surface area contributed by atoms with E-state index in [1.54, 1.807) is 25.1 Å². The number of carbonyl (C=O) groups excluding carboxylic acids is 2. The number of nitrogens with one attached hydrogen (secondary N) is 1. The van der Waals surface area contributed by atoms with Crippen molar-refractivity contribution in [2.24, 2.45) is 0 Å². The van der Waals surface area contributed by atoms with Gasteiger partial charge in [0.25, 0.3) is 5.69 Å². The summed E-state index contributed by atoms with van der Waals surface area (Å²) in [6.45, 7) is 1.73. The molecule has 0 amide bonds. The molecule has 1 heterocycles. The molecule has 2 atom stereocenters. The van der Waals surface area contributed by atoms with E-state index in [1.165, 1.54) is 13.2 Å². The molecule has 158 valence electrons. The van der Waals surface area contributed by atoms with E-state index >= 15 is 0 Å². The smallest absolute Gasteiger partial charge is 0.336 e. The highest BCUT2D eigenvalue weighted by atomic mass is 16.6. The molecule has 0 fully saturated rings. The molecule has 0 radical (unpaired) electrons. The number of ether oxygens (including phenoxy) is 1. The van der Waals surface area contributed by atoms with Crippen LogP contribution < -0.4 is 5.32 Å². The van der Waals surface area contributed by atoms with Gasteiger partial charge in [-0.1, -0.05) is 48.5 Å². The highest BCUT2D eigenvalue weighted by Crippen LogP contribution is 2.47. The van der Waals surface area contributed by atoms with Gasteiger partial charge in [-0.2, -0.15) is 0 Å². The minimum absolute atomic E-state index is 0.00108. The Labute approximate surface area is 179 Å². The molecule has 7 heteroatoms. The molecule has 31 heavy (non-hydrogen) atoms. The first kappa shape index (κ1) is 20.5. The molecule has 1 aliphatic carbocycles. The lowest BCUT2D eigenvalue weighted by Gasteiger charge is -2.36. The number of carbonyl (C=O) groups is 2. The zero-order valence-corrected chi connectivity index (χ0v) is 17.3. The van der Waals surface area contributed by atoms with Gasteiger partial charge >= 0.3 is 5.97 Å². The summed E-state index contributed by atoms with van der Waals surface area (Å²) in [5.41, 5.74) is 3.12. The number of allylic oxidation sites excluding steroid dienone is 3. The third-order valence-corrected chi connectivity index (χ3v) is 5.95. The Morgan fingerprint density at radius 2 is 1.77 bits per heavy atom. The van der Waals surface area contributed by atoms with E-state index in [0.29, 0.717) is 29.0 Å². The molecule has 0 saturated heterocycles. The Hall–Kier alpha value is -3.74. The van der Waals surface area contributed by atoms with E-state index in [0.717, 1.165) is 5.56 Å². The quantitative estimate of drug-likeness (QED) is 0.455. The molecular weight excluding hydrogens is 396 g/mol. The third-order valence-electron chi connectivity index (χ3n) is 5.95. The molecule has 7 nitrogen and oxygen atoms in total. The van der Waals surface area contributed by atoms with Crippen LogP contribution in [0.1, 0.15) is 42.7 Å². The summed E-state index contributed by atoms with van der Waals surface area (Å²) >= 11 is 0. The summed E-state index contributed by atoms with van der Waals surface area (Å²) < 4.78 is 4.98. The van der Waals surface area contributed by atoms with E-state index in [9.17, 15) is 19.7 Å². The first-order valence-electron chi connectivity index (χ1n) is 10.0. The van der Waals surface area contributed by atoms with Crippen molar-refractivity contribution in [2.45, 2.75) is 31.6 Å². The Bertz CT molecular complexity index is 1130. The number of Topliss-reactive ketones (excluding diaryl/α,β-unsaturated/α-hetero) is 1. The van der Waals surface area contributed by atoms with Gasteiger partial charge in [0.05, 0.1) is 23.5 Å². The lowest BCUT2D eigenvalue weighted by molar-refractivity contribution is -0.385. The van der Waals surface area contributed by atoms with E-state index in [4.69, 9.17) is 4.74 Å². The van der Waals surface area contributed by atoms with Crippen LogP contribution in [0.2, 0.25) is 0 Å². The second-order valence-electron chi connectivity index (χ2n) is 7.74. The molecule has 0 saturated carbocycles. The summed E-state index contributed by atoms with van der Waals surface area (Å²) in [7, 11) is 1.26. The molecule has 0 bridgehead atoms. The van der Waals surface area contributed by atoms with Gasteiger partial charge in [-0.3, -0.25) is 14.9 Å². The van der Waals surface area contributed by atoms with Crippen LogP contribution in [-0.4, -0.2) is 23.8 Å². The molecule has 2 aromatic rings. The summed E-state index contributed by atoms with van der Waals surface area (Å²) in [6, 6.07) is 16.0. The number of nitrogens with zero attached hydrogens (tertiary/aromatic N) is 1. The van der Waals surface area contributed by atoms with Crippen LogP contribution in [0.3, 0.4) is 0 Å². The SMILES string of the molecule is COC(=O)C1=C(C)NC2=C(C(=O)C[C@@H](c3ccccc3)C2)[C@@H]1c1ccccc1[N+](=O)[O-]. The monoisotopic (exact) mass is 418 g/mol. The number of para-hydroxylation sites is 1. The van der Waals surface area contributed by atoms with Gasteiger partial charge in [-0.25, -0.2) is 4.79 Å². The molecule has 2 aromatic carbocycles. The van der Waals surface area contributed by atoms with E-state index in [2.05, 4.69) is 5.32 Å². The molecular formula is C24H22N2O5. The third kappa shape index (κ3) is 3.63. The van der Waals surface area contributed by atoms with Crippen molar-refractivity contribution in [3.8, 4) is 0 Å². The number of methoxy groups -OCH3 is 1. The summed E-state index contributed by atoms with van der Waals surface area (Å²) in [5, 5.41) is 15.0. The predicted octanol–water partition coefficient (Wildman–Crippen LogP) is 4.13. The maximum atomic E-state index is 13.4. The fraction of sp³-hybridized carbons (Fsp3) is 0.250. The molecule has 0 aromatic heterocycles. The van der Waals surface area contributed by atoms with Crippen molar-refractivity contribution in [3.63, 3.8) is 0 Å². The second kappa shape index (κ2) is 8.18. The Balaban J connectivity index is 1.88. The van der Waals surface area contributed by atoms with Gasteiger partial charge < -0.3 is 10.1 Å². The topological polar surface area (TPSA) is 98.5 Å². The number of ketones is 1. The molecule has 2 aliphatic rings. The van der Waals surface area contributed by atoms with Crippen molar-refractivity contribution in [1.82, 2.24) is 5.32 Å². The highest BCUT2D eigenvalue weighted by Gasteiger charge is 2.43. The van der Waals surface area contributed by atoms with Crippen LogP contribution in [0, 0.1) is 10.1 Å². The van der Waals surface area contributed by atoms with Crippen LogP contribution in [0.5, 0.6) is 0 Å². The number of nitro benzene ring substituents is 1. The van der Waals surface area contributed by atoms with Crippen LogP contribution in [0.4, 0.5) is 5.69 Å². The zero-order valence-electron chi connectivity index (χ0n) is 17.3. The van der Waals surface area contributed by atoms with Crippen molar-refractivity contribution >= 4 is 17.4 Å². The first-order chi connectivity index (χ1) is 14.9. The Morgan fingerprint density at radius 3 is 2.45 bits per heavy atom. The fourth-order valence-corrected chi connectivity index (χ4v) is 4.59. The number of hydrogen-bond donors (Lipinski definition) is 1. The zero-order chi connectivity index (χ0) is 22.1. The minimum atomic E-state index is -0.852. The number of dihydropyridines is 1. The standard InChI is InChI=1S/C24H22N2O5/c1-14-21(24(28)31-2)22(17-10-6-7-11-19(17)26(29)30)23-18(25-14)12-16(13-20(23)27)15-8-4-3-5-9-15/h3-11,16,22,25H,12-13H2,1-2H3/t16-,22+/m0/s1.